The van der Waals surface area contributed by atoms with Gasteiger partial charge in [0, 0.05) is 12.7 Å². The van der Waals surface area contributed by atoms with Gasteiger partial charge in [0.1, 0.15) is 5.75 Å². The Balaban J connectivity index is 2.45. The van der Waals surface area contributed by atoms with Crippen molar-refractivity contribution in [2.45, 2.75) is 6.92 Å². The van der Waals surface area contributed by atoms with E-state index in [2.05, 4.69) is 4.98 Å². The minimum absolute atomic E-state index is 0.0341. The van der Waals surface area contributed by atoms with Gasteiger partial charge in [-0.1, -0.05) is 0 Å². The number of hydrogen-bond acceptors (Lipinski definition) is 5. The van der Waals surface area contributed by atoms with E-state index in [1.165, 1.54) is 13.1 Å². The lowest BCUT2D eigenvalue weighted by Gasteiger charge is -2.20. The number of carbonyl (C=O) groups is 1. The van der Waals surface area contributed by atoms with Crippen LogP contribution in [0.2, 0.25) is 0 Å². The lowest BCUT2D eigenvalue weighted by molar-refractivity contribution is 0.101. The van der Waals surface area contributed by atoms with Crippen LogP contribution in [0, 0.1) is 5.82 Å². The molecule has 0 aliphatic rings. The summed E-state index contributed by atoms with van der Waals surface area (Å²) in [5, 5.41) is 0. The molecule has 2 N–H and O–H groups in total. The van der Waals surface area contributed by atoms with Crippen molar-refractivity contribution in [2.24, 2.45) is 0 Å². The van der Waals surface area contributed by atoms with Crippen molar-refractivity contribution in [3.8, 4) is 5.75 Å². The van der Waals surface area contributed by atoms with Gasteiger partial charge in [0.2, 0.25) is 0 Å². The summed E-state index contributed by atoms with van der Waals surface area (Å²) in [6.45, 7) is 1.27. The Morgan fingerprint density at radius 3 is 2.48 bits per heavy atom. The minimum Gasteiger partial charge on any atom is -0.497 e. The van der Waals surface area contributed by atoms with Gasteiger partial charge in [-0.05, 0) is 31.2 Å². The standard InChI is InChI=1S/C15H16FN3O2/c1-9(20)13-12(17)8-18-15(14(13)16)19(2)10-4-6-11(21-3)7-5-10/h4-8H,17H2,1-3H3. The summed E-state index contributed by atoms with van der Waals surface area (Å²) < 4.78 is 19.5. The molecule has 0 fully saturated rings. The Bertz CT molecular complexity index is 671. The van der Waals surface area contributed by atoms with E-state index in [1.807, 2.05) is 0 Å². The second-order valence-electron chi connectivity index (χ2n) is 4.54. The van der Waals surface area contributed by atoms with E-state index in [4.69, 9.17) is 10.5 Å². The molecule has 1 aromatic heterocycles. The maximum absolute atomic E-state index is 14.4. The molecule has 2 rings (SSSR count). The molecule has 6 heteroatoms. The highest BCUT2D eigenvalue weighted by atomic mass is 19.1. The van der Waals surface area contributed by atoms with Crippen molar-refractivity contribution in [2.75, 3.05) is 24.8 Å². The van der Waals surface area contributed by atoms with Gasteiger partial charge in [0.05, 0.1) is 24.6 Å². The van der Waals surface area contributed by atoms with Crippen LogP contribution in [0.3, 0.4) is 0 Å². The van der Waals surface area contributed by atoms with Crippen LogP contribution >= 0.6 is 0 Å². The van der Waals surface area contributed by atoms with Gasteiger partial charge in [0.25, 0.3) is 0 Å². The first-order valence-corrected chi connectivity index (χ1v) is 6.28. The summed E-state index contributed by atoms with van der Waals surface area (Å²) in [4.78, 5) is 17.0. The van der Waals surface area contributed by atoms with E-state index in [-0.39, 0.29) is 17.1 Å². The number of hydrogen-bond donors (Lipinski definition) is 1. The fourth-order valence-corrected chi connectivity index (χ4v) is 2.01. The van der Waals surface area contributed by atoms with E-state index in [9.17, 15) is 9.18 Å². The highest BCUT2D eigenvalue weighted by Crippen LogP contribution is 2.29. The Morgan fingerprint density at radius 1 is 1.33 bits per heavy atom. The van der Waals surface area contributed by atoms with Crippen molar-refractivity contribution >= 4 is 23.0 Å². The van der Waals surface area contributed by atoms with E-state index >= 15 is 0 Å². The van der Waals surface area contributed by atoms with E-state index in [1.54, 1.807) is 43.3 Å². The molecule has 0 saturated heterocycles. The molecule has 0 radical (unpaired) electrons. The van der Waals surface area contributed by atoms with Crippen molar-refractivity contribution in [1.29, 1.82) is 0 Å². The summed E-state index contributed by atoms with van der Waals surface area (Å²) in [6, 6.07) is 7.05. The molecule has 110 valence electrons. The average Bonchev–Trinajstić information content (AvgIpc) is 2.46. The largest absolute Gasteiger partial charge is 0.497 e. The molecule has 0 aliphatic carbocycles. The number of nitrogen functional groups attached to an aromatic ring is 1. The van der Waals surface area contributed by atoms with Crippen LogP contribution in [0.5, 0.6) is 5.75 Å². The van der Waals surface area contributed by atoms with Crippen LogP contribution in [0.4, 0.5) is 21.6 Å². The molecular weight excluding hydrogens is 273 g/mol. The zero-order valence-electron chi connectivity index (χ0n) is 12.1. The molecule has 1 heterocycles. The molecule has 0 unspecified atom stereocenters. The average molecular weight is 289 g/mol. The van der Waals surface area contributed by atoms with Gasteiger partial charge in [-0.15, -0.1) is 0 Å². The molecule has 0 spiro atoms. The summed E-state index contributed by atoms with van der Waals surface area (Å²) in [6.07, 6.45) is 1.29. The molecule has 2 aromatic rings. The van der Waals surface area contributed by atoms with Crippen LogP contribution in [0.15, 0.2) is 30.5 Å². The molecule has 5 nitrogen and oxygen atoms in total. The van der Waals surface area contributed by atoms with Crippen LogP contribution in [-0.2, 0) is 0 Å². The van der Waals surface area contributed by atoms with E-state index < -0.39 is 11.6 Å². The summed E-state index contributed by atoms with van der Waals surface area (Å²) in [7, 11) is 3.23. The number of anilines is 3. The third kappa shape index (κ3) is 2.79. The number of ether oxygens (including phenoxy) is 1. The van der Waals surface area contributed by atoms with Crippen LogP contribution < -0.4 is 15.4 Å². The van der Waals surface area contributed by atoms with Gasteiger partial charge >= 0.3 is 0 Å². The third-order valence-corrected chi connectivity index (χ3v) is 3.16. The first kappa shape index (κ1) is 14.8. The van der Waals surface area contributed by atoms with E-state index in [0.717, 1.165) is 0 Å². The third-order valence-electron chi connectivity index (χ3n) is 3.16. The summed E-state index contributed by atoms with van der Waals surface area (Å²) in [5.74, 6) is -0.417. The Hall–Kier alpha value is -2.63. The van der Waals surface area contributed by atoms with Crippen LogP contribution in [-0.4, -0.2) is 24.9 Å². The number of Topliss-reactive ketones (excluding diaryl/α,β-unsaturated/α-hetero) is 1. The molecule has 0 amide bonds. The summed E-state index contributed by atoms with van der Waals surface area (Å²) in [5.41, 5.74) is 6.21. The number of nitrogens with zero attached hydrogens (tertiary/aromatic N) is 2. The second kappa shape index (κ2) is 5.78. The molecule has 0 saturated carbocycles. The van der Waals surface area contributed by atoms with Gasteiger partial charge in [-0.25, -0.2) is 9.37 Å². The number of carbonyl (C=O) groups excluding carboxylic acids is 1. The number of pyridine rings is 1. The highest BCUT2D eigenvalue weighted by molar-refractivity contribution is 6.00. The molecule has 0 bridgehead atoms. The summed E-state index contributed by atoms with van der Waals surface area (Å²) >= 11 is 0. The van der Waals surface area contributed by atoms with Gasteiger partial charge < -0.3 is 15.4 Å². The number of halogens is 1. The zero-order chi connectivity index (χ0) is 15.6. The maximum Gasteiger partial charge on any atom is 0.178 e. The number of nitrogens with two attached hydrogens (primary N) is 1. The Morgan fingerprint density at radius 2 is 1.95 bits per heavy atom. The van der Waals surface area contributed by atoms with Crippen molar-refractivity contribution in [1.82, 2.24) is 4.98 Å². The SMILES string of the molecule is COc1ccc(N(C)c2ncc(N)c(C(C)=O)c2F)cc1. The molecule has 0 atom stereocenters. The first-order chi connectivity index (χ1) is 9.95. The molecule has 0 aliphatic heterocycles. The van der Waals surface area contributed by atoms with Crippen LogP contribution in [0.25, 0.3) is 0 Å². The van der Waals surface area contributed by atoms with Crippen molar-refractivity contribution in [3.05, 3.63) is 41.8 Å². The fraction of sp³-hybridized carbons (Fsp3) is 0.200. The zero-order valence-corrected chi connectivity index (χ0v) is 12.1. The Kier molecular flexibility index (Phi) is 4.07. The lowest BCUT2D eigenvalue weighted by Crippen LogP contribution is -2.16. The molecular formula is C15H16FN3O2. The van der Waals surface area contributed by atoms with Crippen LogP contribution in [0.1, 0.15) is 17.3 Å². The monoisotopic (exact) mass is 289 g/mol. The predicted octanol–water partition coefficient (Wildman–Crippen LogP) is 2.78. The van der Waals surface area contributed by atoms with Gasteiger partial charge in [-0.2, -0.15) is 0 Å². The maximum atomic E-state index is 14.4. The normalized spacial score (nSPS) is 10.3. The molecule has 21 heavy (non-hydrogen) atoms. The van der Waals surface area contributed by atoms with Gasteiger partial charge in [0.15, 0.2) is 17.4 Å². The minimum atomic E-state index is -0.721. The number of ketones is 1. The van der Waals surface area contributed by atoms with Gasteiger partial charge in [-0.3, -0.25) is 4.79 Å². The topological polar surface area (TPSA) is 68.4 Å². The number of benzene rings is 1. The number of aromatic nitrogens is 1. The molecule has 1 aromatic carbocycles. The van der Waals surface area contributed by atoms with Crippen molar-refractivity contribution < 1.29 is 13.9 Å². The number of rotatable bonds is 4. The second-order valence-corrected chi connectivity index (χ2v) is 4.54. The smallest absolute Gasteiger partial charge is 0.178 e. The number of methoxy groups -OCH3 is 1. The predicted molar refractivity (Wildman–Crippen MR) is 79.7 cm³/mol. The highest BCUT2D eigenvalue weighted by Gasteiger charge is 2.20. The quantitative estimate of drug-likeness (QED) is 0.876. The Labute approximate surface area is 122 Å². The van der Waals surface area contributed by atoms with Crippen molar-refractivity contribution in [3.63, 3.8) is 0 Å². The lowest BCUT2D eigenvalue weighted by atomic mass is 10.1. The fourth-order valence-electron chi connectivity index (χ4n) is 2.01. The van der Waals surface area contributed by atoms with E-state index in [0.29, 0.717) is 11.4 Å². The first-order valence-electron chi connectivity index (χ1n) is 6.28.